The maximum atomic E-state index is 13.1. The first kappa shape index (κ1) is 74.9. The van der Waals surface area contributed by atoms with Crippen molar-refractivity contribution in [2.24, 2.45) is 0 Å². The highest BCUT2D eigenvalue weighted by Gasteiger charge is 2.28. The zero-order chi connectivity index (χ0) is 56.3. The highest BCUT2D eigenvalue weighted by Crippen LogP contribution is 2.43. The largest absolute Gasteiger partial charge is 0.472 e. The Morgan fingerprint density at radius 3 is 1.14 bits per heavy atom. The van der Waals surface area contributed by atoms with E-state index in [1.165, 1.54) is 199 Å². The molecule has 8 nitrogen and oxygen atoms in total. The van der Waals surface area contributed by atoms with E-state index in [1.54, 1.807) is 0 Å². The number of unbranched alkanes of at least 4 members (excludes halogenated alkanes) is 35. The summed E-state index contributed by atoms with van der Waals surface area (Å²) in [5, 5.41) is 14.1. The first-order valence-electron chi connectivity index (χ1n) is 32.8. The minimum absolute atomic E-state index is 0.0716. The Morgan fingerprint density at radius 2 is 0.779 bits per heavy atom. The number of aliphatic hydroxyl groups excluding tert-OH is 1. The lowest BCUT2D eigenvalue weighted by atomic mass is 10.0. The third kappa shape index (κ3) is 61.4. The molecule has 0 aliphatic heterocycles. The SMILES string of the molecule is CC/C=C\C/C=C\C/C=C\C/C=C\C/C=C\C/C=C\CCCCCCCCCCCCC(=O)NC(COP(=O)(O)OCC[N+](C)(C)C)C(O)CCCCCCCCCCCCCCCCCCCCCCCCCCCC. The molecule has 0 aromatic rings. The van der Waals surface area contributed by atoms with Gasteiger partial charge in [0, 0.05) is 6.42 Å². The predicted octanol–water partition coefficient (Wildman–Crippen LogP) is 20.6. The molecule has 9 heteroatoms. The highest BCUT2D eigenvalue weighted by atomic mass is 31.2. The van der Waals surface area contributed by atoms with Gasteiger partial charge in [-0.1, -0.05) is 305 Å². The van der Waals surface area contributed by atoms with E-state index in [2.05, 4.69) is 92.1 Å². The second-order valence-corrected chi connectivity index (χ2v) is 24.9. The van der Waals surface area contributed by atoms with Crippen molar-refractivity contribution in [2.45, 2.75) is 315 Å². The summed E-state index contributed by atoms with van der Waals surface area (Å²) in [6.07, 6.45) is 81.2. The average molecular weight is 1100 g/mol. The summed E-state index contributed by atoms with van der Waals surface area (Å²) in [6, 6.07) is -0.769. The number of likely N-dealkylation sites (N-methyl/N-ethyl adjacent to an activating group) is 1. The summed E-state index contributed by atoms with van der Waals surface area (Å²) in [5.41, 5.74) is 0. The monoisotopic (exact) mass is 1100 g/mol. The smallest absolute Gasteiger partial charge is 0.391 e. The Labute approximate surface area is 478 Å². The van der Waals surface area contributed by atoms with Crippen LogP contribution >= 0.6 is 7.82 Å². The summed E-state index contributed by atoms with van der Waals surface area (Å²) in [5.74, 6) is -0.148. The van der Waals surface area contributed by atoms with Gasteiger partial charge in [0.15, 0.2) is 0 Å². The normalized spacial score (nSPS) is 14.2. The number of rotatable bonds is 60. The van der Waals surface area contributed by atoms with Crippen molar-refractivity contribution in [1.82, 2.24) is 5.32 Å². The first-order chi connectivity index (χ1) is 37.5. The van der Waals surface area contributed by atoms with Crippen LogP contribution in [-0.2, 0) is 18.4 Å². The lowest BCUT2D eigenvalue weighted by Gasteiger charge is -2.26. The van der Waals surface area contributed by atoms with Crippen molar-refractivity contribution in [3.63, 3.8) is 0 Å². The van der Waals surface area contributed by atoms with Gasteiger partial charge < -0.3 is 19.8 Å². The van der Waals surface area contributed by atoms with E-state index in [9.17, 15) is 19.4 Å². The van der Waals surface area contributed by atoms with Crippen molar-refractivity contribution in [1.29, 1.82) is 0 Å². The van der Waals surface area contributed by atoms with Crippen LogP contribution in [0.5, 0.6) is 0 Å². The number of phosphoric ester groups is 1. The van der Waals surface area contributed by atoms with Crippen LogP contribution in [0.1, 0.15) is 303 Å². The fraction of sp³-hybridized carbons (Fsp3) is 0.809. The number of nitrogens with one attached hydrogen (secondary N) is 1. The van der Waals surface area contributed by atoms with E-state index in [1.807, 2.05) is 21.1 Å². The molecule has 0 heterocycles. The van der Waals surface area contributed by atoms with Crippen molar-refractivity contribution in [3.8, 4) is 0 Å². The van der Waals surface area contributed by atoms with Gasteiger partial charge in [0.25, 0.3) is 0 Å². The first-order valence-corrected chi connectivity index (χ1v) is 34.3. The van der Waals surface area contributed by atoms with Crippen LogP contribution < -0.4 is 5.32 Å². The van der Waals surface area contributed by atoms with Crippen LogP contribution in [0.15, 0.2) is 72.9 Å². The third-order valence-corrected chi connectivity index (χ3v) is 15.7. The van der Waals surface area contributed by atoms with Crippen LogP contribution in [0.3, 0.4) is 0 Å². The van der Waals surface area contributed by atoms with Crippen molar-refractivity contribution in [2.75, 3.05) is 40.9 Å². The van der Waals surface area contributed by atoms with Gasteiger partial charge in [-0.25, -0.2) is 4.57 Å². The maximum absolute atomic E-state index is 13.1. The molecular formula is C68H128N2O6P+. The Hall–Kier alpha value is -2.06. The number of hydrogen-bond donors (Lipinski definition) is 3. The Balaban J connectivity index is 4.11. The van der Waals surface area contributed by atoms with E-state index >= 15 is 0 Å². The van der Waals surface area contributed by atoms with Crippen LogP contribution in [-0.4, -0.2) is 73.4 Å². The lowest BCUT2D eigenvalue weighted by Crippen LogP contribution is -2.46. The zero-order valence-corrected chi connectivity index (χ0v) is 52.3. The number of carbonyl (C=O) groups excluding carboxylic acids is 1. The second kappa shape index (κ2) is 58.6. The van der Waals surface area contributed by atoms with E-state index in [0.717, 1.165) is 77.0 Å². The number of carbonyl (C=O) groups is 1. The van der Waals surface area contributed by atoms with Gasteiger partial charge in [-0.2, -0.15) is 0 Å². The maximum Gasteiger partial charge on any atom is 0.472 e. The average Bonchev–Trinajstić information content (AvgIpc) is 3.39. The molecule has 3 unspecified atom stereocenters. The molecule has 0 rings (SSSR count). The molecule has 0 radical (unpaired) electrons. The van der Waals surface area contributed by atoms with E-state index < -0.39 is 20.0 Å². The summed E-state index contributed by atoms with van der Waals surface area (Å²) >= 11 is 0. The van der Waals surface area contributed by atoms with Crippen LogP contribution in [0, 0.1) is 0 Å². The molecule has 0 bridgehead atoms. The summed E-state index contributed by atoms with van der Waals surface area (Å²) in [7, 11) is 1.61. The van der Waals surface area contributed by atoms with Crippen LogP contribution in [0.25, 0.3) is 0 Å². The molecule has 0 saturated carbocycles. The van der Waals surface area contributed by atoms with Crippen molar-refractivity contribution in [3.05, 3.63) is 72.9 Å². The van der Waals surface area contributed by atoms with Crippen LogP contribution in [0.4, 0.5) is 0 Å². The molecule has 0 aliphatic carbocycles. The number of amides is 1. The molecule has 0 spiro atoms. The van der Waals surface area contributed by atoms with Gasteiger partial charge in [-0.3, -0.25) is 13.8 Å². The van der Waals surface area contributed by atoms with Crippen LogP contribution in [0.2, 0.25) is 0 Å². The predicted molar refractivity (Wildman–Crippen MR) is 337 cm³/mol. The molecule has 0 fully saturated rings. The minimum Gasteiger partial charge on any atom is -0.391 e. The van der Waals surface area contributed by atoms with Gasteiger partial charge in [-0.15, -0.1) is 0 Å². The van der Waals surface area contributed by atoms with Gasteiger partial charge >= 0.3 is 7.82 Å². The van der Waals surface area contributed by atoms with Gasteiger partial charge in [0.1, 0.15) is 13.2 Å². The van der Waals surface area contributed by atoms with Crippen molar-refractivity contribution < 1.29 is 32.9 Å². The summed E-state index contributed by atoms with van der Waals surface area (Å²) in [6.45, 7) is 4.80. The molecular weight excluding hydrogens is 972 g/mol. The Kier molecular flexibility index (Phi) is 57.0. The molecule has 77 heavy (non-hydrogen) atoms. The Morgan fingerprint density at radius 1 is 0.455 bits per heavy atom. The van der Waals surface area contributed by atoms with E-state index in [4.69, 9.17) is 9.05 Å². The molecule has 1 amide bonds. The second-order valence-electron chi connectivity index (χ2n) is 23.5. The molecule has 0 aromatic heterocycles. The molecule has 0 aliphatic rings. The van der Waals surface area contributed by atoms with Gasteiger partial charge in [0.2, 0.25) is 5.91 Å². The number of hydrogen-bond acceptors (Lipinski definition) is 5. The Bertz CT molecular complexity index is 1480. The molecule has 0 aromatic carbocycles. The summed E-state index contributed by atoms with van der Waals surface area (Å²) in [4.78, 5) is 23.4. The molecule has 3 N–H and O–H groups in total. The number of nitrogens with zero attached hydrogens (tertiary/aromatic N) is 1. The number of phosphoric acid groups is 1. The van der Waals surface area contributed by atoms with Gasteiger partial charge in [-0.05, 0) is 64.2 Å². The van der Waals surface area contributed by atoms with Gasteiger partial charge in [0.05, 0.1) is 39.9 Å². The standard InChI is InChI=1S/C68H127N2O6P/c1-6-8-10-12-14-16-18-20-22-24-26-28-30-32-34-35-36-38-40-42-44-46-48-50-52-54-56-58-60-62-68(72)69-66(65-76-77(73,74)75-64-63-70(3,4)5)67(71)61-59-57-55-53-51-49-47-45-43-41-39-37-33-31-29-27-25-23-21-19-17-15-13-11-9-7-2/h8,10,14,16,20,22,26,28,32,34,36,38,66-67,71H,6-7,9,11-13,15,17-19,21,23-25,27,29-31,33,35,37,39-65H2,1-5H3,(H-,69,72,73,74)/p+1/b10-8-,16-14-,22-20-,28-26-,34-32-,38-36-. The van der Waals surface area contributed by atoms with Crippen molar-refractivity contribution >= 4 is 13.7 Å². The lowest BCUT2D eigenvalue weighted by molar-refractivity contribution is -0.870. The summed E-state index contributed by atoms with van der Waals surface area (Å²) < 4.78 is 23.9. The van der Waals surface area contributed by atoms with E-state index in [-0.39, 0.29) is 19.1 Å². The quantitative estimate of drug-likeness (QED) is 0.0243. The molecule has 3 atom stereocenters. The fourth-order valence-electron chi connectivity index (χ4n) is 9.64. The third-order valence-electron chi connectivity index (χ3n) is 14.7. The van der Waals surface area contributed by atoms with E-state index in [0.29, 0.717) is 23.9 Å². The minimum atomic E-state index is -4.33. The number of quaternary nitrogens is 1. The molecule has 0 saturated heterocycles. The highest BCUT2D eigenvalue weighted by molar-refractivity contribution is 7.47. The number of allylic oxidation sites excluding steroid dienone is 12. The fourth-order valence-corrected chi connectivity index (χ4v) is 10.4. The molecule has 450 valence electrons. The number of aliphatic hydroxyl groups is 1. The topological polar surface area (TPSA) is 105 Å². The zero-order valence-electron chi connectivity index (χ0n) is 51.4.